The maximum atomic E-state index is 14.6. The van der Waals surface area contributed by atoms with Crippen LogP contribution in [0.1, 0.15) is 131 Å². The number of likely N-dealkylation sites (N-methyl/N-ethyl adjacent to an activating group) is 2. The molecule has 0 radical (unpaired) electrons. The zero-order valence-electron chi connectivity index (χ0n) is 63.2. The van der Waals surface area contributed by atoms with Gasteiger partial charge < -0.3 is 67.0 Å². The van der Waals surface area contributed by atoms with Crippen LogP contribution in [0.3, 0.4) is 0 Å². The first-order chi connectivity index (χ1) is 50.3. The maximum absolute atomic E-state index is 14.6. The van der Waals surface area contributed by atoms with Gasteiger partial charge in [-0.3, -0.25) is 53.0 Å². The van der Waals surface area contributed by atoms with Crippen LogP contribution in [0, 0.1) is 64.6 Å². The quantitative estimate of drug-likeness (QED) is 0.00710. The van der Waals surface area contributed by atoms with Crippen molar-refractivity contribution in [2.24, 2.45) is 41.2 Å². The summed E-state index contributed by atoms with van der Waals surface area (Å²) in [6.07, 6.45) is -6.58. The lowest BCUT2D eigenvalue weighted by molar-refractivity contribution is -0.176. The molecule has 0 bridgehead atoms. The number of ether oxygens (including phenoxy) is 3. The summed E-state index contributed by atoms with van der Waals surface area (Å²) in [6, 6.07) is 5.90. The highest BCUT2D eigenvalue weighted by molar-refractivity contribution is 5.98. The number of urea groups is 1. The summed E-state index contributed by atoms with van der Waals surface area (Å²) in [5.74, 6) is -24.1. The summed E-state index contributed by atoms with van der Waals surface area (Å²) >= 11 is 0. The number of primary amides is 1. The minimum absolute atomic E-state index is 0.00758. The van der Waals surface area contributed by atoms with Gasteiger partial charge in [0.05, 0.1) is 48.6 Å². The van der Waals surface area contributed by atoms with Gasteiger partial charge in [-0.05, 0) is 106 Å². The lowest BCUT2D eigenvalue weighted by atomic mass is 9.89. The Morgan fingerprint density at radius 2 is 1.28 bits per heavy atom. The number of rotatable bonds is 39. The maximum Gasteiger partial charge on any atom is 0.404 e. The molecule has 3 aromatic carbocycles. The van der Waals surface area contributed by atoms with Crippen LogP contribution in [0.5, 0.6) is 5.75 Å². The Hall–Kier alpha value is -8.56. The second-order valence-corrected chi connectivity index (χ2v) is 28.8. The number of hydrogen-bond acceptors (Lipinski definition) is 15. The zero-order chi connectivity index (χ0) is 80.1. The van der Waals surface area contributed by atoms with Gasteiger partial charge in [-0.25, -0.2) is 18.0 Å². The Labute approximate surface area is 619 Å². The Morgan fingerprint density at radius 3 is 1.83 bits per heavy atom. The highest BCUT2D eigenvalue weighted by Crippen LogP contribution is 2.38. The fourth-order valence-electron chi connectivity index (χ4n) is 13.8. The number of nitrogens with one attached hydrogen (secondary N) is 7. The number of carbonyl (C=O) groups is 10. The van der Waals surface area contributed by atoms with Crippen LogP contribution in [-0.4, -0.2) is 207 Å². The van der Waals surface area contributed by atoms with Gasteiger partial charge in [0.1, 0.15) is 30.2 Å². The van der Waals surface area contributed by atoms with Crippen LogP contribution >= 0.6 is 0 Å². The number of esters is 1. The zero-order valence-corrected chi connectivity index (χ0v) is 63.2. The summed E-state index contributed by atoms with van der Waals surface area (Å²) < 4.78 is 129. The molecule has 33 heteroatoms. The predicted molar refractivity (Wildman–Crippen MR) is 380 cm³/mol. The van der Waals surface area contributed by atoms with Crippen LogP contribution in [0.25, 0.3) is 0 Å². The fraction of sp³-hybridized carbons (Fsp3) is 0.622. The number of amides is 10. The molecule has 0 saturated carbocycles. The van der Waals surface area contributed by atoms with E-state index in [1.807, 2.05) is 78.7 Å². The summed E-state index contributed by atoms with van der Waals surface area (Å²) in [6.45, 7) is 15.5. The molecule has 2 aliphatic heterocycles. The monoisotopic (exact) mass is 1520 g/mol. The Kier molecular flexibility index (Phi) is 34.2. The number of nitrogens with two attached hydrogens (primary N) is 1. The van der Waals surface area contributed by atoms with E-state index >= 15 is 0 Å². The number of alkyl halides is 3. The lowest BCUT2D eigenvalue weighted by Gasteiger charge is -2.41. The van der Waals surface area contributed by atoms with Crippen molar-refractivity contribution in [2.45, 2.75) is 200 Å². The average Bonchev–Trinajstić information content (AvgIpc) is 1.79. The number of benzene rings is 3. The standard InChI is InChI=1S/C74H106F8N12O13/c1-15-42(8)63(92(12)71(102)61(40(4)5)90-70(101)62(41(6)7)91(10)11)51(105-13)36-54(96)94-33-20-25-50(94)64(106-14)43(9)66(97)88-49(34-44-22-17-16-18-23-44)67(98)85-37-45-27-29-47(30-28-45)86-68(99)48(24-19-31-84-73(83)104)87-69(100)60(39(2)3)89-53(95)26-21-32-93-38-46(35-52(93)74(80,81)82)72(103)107-65-58(78)56(76)55(75)57(77)59(65)79/h16-18,22-23,27-30,39-43,46,48-52,60-64H,15,19-21,24-26,31-38H2,1-14H3,(H,85,98)(H,86,99)(H,87,100)(H,88,97)(H,89,95)(H,90,101)(H3,83,84,104)/t42-,43+,46?,48-,49-,50-,51+,52?,60-,61-,62-,63-,64+/m0/s1. The van der Waals surface area contributed by atoms with Gasteiger partial charge in [-0.2, -0.15) is 22.0 Å². The molecule has 107 heavy (non-hydrogen) atoms. The molecular weight excluding hydrogens is 1420 g/mol. The van der Waals surface area contributed by atoms with Gasteiger partial charge in [-0.15, -0.1) is 0 Å². The van der Waals surface area contributed by atoms with E-state index in [0.717, 1.165) is 10.5 Å². The SMILES string of the molecule is CC[C@H](C)[C@@H]([C@@H](CC(=O)N1CCC[C@H]1[C@H](OC)[C@@H](C)C(=O)N[C@@H](Cc1ccccc1)C(=O)NCc1ccc(NC(=O)[C@H](CCCNC(N)=O)NC(=O)[C@@H](NC(=O)CCCN2CC(C(=O)Oc3c(F)c(F)c(F)c(F)c3F)CC2C(F)(F)F)C(C)C)cc1)OC)N(C)C(=O)[C@@H](NC(=O)[C@H](C(C)C)N(C)C)C(C)C. The molecule has 2 fully saturated rings. The number of carbonyl (C=O) groups excluding carboxylic acids is 10. The normalized spacial score (nSPS) is 18.3. The minimum atomic E-state index is -4.98. The van der Waals surface area contributed by atoms with Crippen molar-refractivity contribution in [3.8, 4) is 5.75 Å². The number of likely N-dealkylation sites (tertiary alicyclic amines) is 2. The van der Waals surface area contributed by atoms with Crippen LogP contribution in [0.2, 0.25) is 0 Å². The third kappa shape index (κ3) is 24.7. The van der Waals surface area contributed by atoms with Gasteiger partial charge in [-0.1, -0.05) is 111 Å². The summed E-state index contributed by atoms with van der Waals surface area (Å²) in [5, 5.41) is 19.1. The van der Waals surface area contributed by atoms with Crippen LogP contribution in [-0.2, 0) is 65.6 Å². The van der Waals surface area contributed by atoms with E-state index in [0.29, 0.717) is 31.4 Å². The van der Waals surface area contributed by atoms with Crippen molar-refractivity contribution >= 4 is 64.9 Å². The number of methoxy groups -OCH3 is 2. The summed E-state index contributed by atoms with van der Waals surface area (Å²) in [5.41, 5.74) is 6.78. The molecule has 2 aliphatic rings. The fourth-order valence-corrected chi connectivity index (χ4v) is 13.8. The Bertz CT molecular complexity index is 3490. The van der Waals surface area contributed by atoms with Crippen molar-refractivity contribution in [1.82, 2.24) is 51.5 Å². The third-order valence-electron chi connectivity index (χ3n) is 19.8. The van der Waals surface area contributed by atoms with E-state index in [2.05, 4.69) is 42.0 Å². The van der Waals surface area contributed by atoms with Crippen molar-refractivity contribution < 1.29 is 97.3 Å². The molecule has 2 unspecified atom stereocenters. The molecule has 2 saturated heterocycles. The van der Waals surface area contributed by atoms with E-state index in [4.69, 9.17) is 15.2 Å². The second kappa shape index (κ2) is 41.1. The number of nitrogens with zero attached hydrogens (tertiary/aromatic N) is 4. The van der Waals surface area contributed by atoms with Gasteiger partial charge in [0.15, 0.2) is 0 Å². The number of anilines is 1. The van der Waals surface area contributed by atoms with Crippen LogP contribution in [0.4, 0.5) is 45.6 Å². The van der Waals surface area contributed by atoms with Gasteiger partial charge in [0.2, 0.25) is 82.1 Å². The van der Waals surface area contributed by atoms with Gasteiger partial charge in [0.25, 0.3) is 0 Å². The first-order valence-electron chi connectivity index (χ1n) is 36.1. The molecule has 9 N–H and O–H groups in total. The van der Waals surface area contributed by atoms with E-state index in [1.165, 1.54) is 26.4 Å². The molecule has 5 rings (SSSR count). The molecule has 0 aromatic heterocycles. The van der Waals surface area contributed by atoms with Crippen LogP contribution in [0.15, 0.2) is 54.6 Å². The summed E-state index contributed by atoms with van der Waals surface area (Å²) in [4.78, 5) is 143. The molecule has 10 amide bonds. The Balaban J connectivity index is 1.22. The largest absolute Gasteiger partial charge is 0.420 e. The number of hydrogen-bond donors (Lipinski definition) is 8. The van der Waals surface area contributed by atoms with E-state index in [1.54, 1.807) is 61.9 Å². The lowest BCUT2D eigenvalue weighted by Crippen LogP contribution is -2.59. The van der Waals surface area contributed by atoms with Crippen molar-refractivity contribution in [3.05, 3.63) is 94.8 Å². The third-order valence-corrected chi connectivity index (χ3v) is 19.8. The van der Waals surface area contributed by atoms with E-state index < -0.39 is 187 Å². The topological polar surface area (TPSA) is 322 Å². The van der Waals surface area contributed by atoms with Crippen molar-refractivity contribution in [1.29, 1.82) is 0 Å². The van der Waals surface area contributed by atoms with Crippen LogP contribution < -0.4 is 47.7 Å². The van der Waals surface area contributed by atoms with Gasteiger partial charge in [0, 0.05) is 66.0 Å². The first-order valence-corrected chi connectivity index (χ1v) is 36.1. The number of halogens is 8. The van der Waals surface area contributed by atoms with Crippen molar-refractivity contribution in [3.63, 3.8) is 0 Å². The van der Waals surface area contributed by atoms with Crippen molar-refractivity contribution in [2.75, 3.05) is 66.9 Å². The van der Waals surface area contributed by atoms with E-state index in [9.17, 15) is 83.1 Å². The molecule has 2 heterocycles. The molecule has 13 atom stereocenters. The minimum Gasteiger partial charge on any atom is -0.420 e. The van der Waals surface area contributed by atoms with E-state index in [-0.39, 0.29) is 86.4 Å². The molecule has 3 aromatic rings. The predicted octanol–water partition coefficient (Wildman–Crippen LogP) is 7.02. The molecule has 0 spiro atoms. The molecule has 0 aliphatic carbocycles. The first kappa shape index (κ1) is 89.1. The Morgan fingerprint density at radius 1 is 0.673 bits per heavy atom. The molecular formula is C74H106F8N12O13. The molecule has 596 valence electrons. The summed E-state index contributed by atoms with van der Waals surface area (Å²) in [7, 11) is 8.26. The second-order valence-electron chi connectivity index (χ2n) is 28.8. The van der Waals surface area contributed by atoms with Gasteiger partial charge >= 0.3 is 18.2 Å². The smallest absolute Gasteiger partial charge is 0.404 e. The highest BCUT2D eigenvalue weighted by atomic mass is 19.4. The highest BCUT2D eigenvalue weighted by Gasteiger charge is 2.52. The molecule has 25 nitrogen and oxygen atoms in total. The average molecular weight is 1520 g/mol.